The highest BCUT2D eigenvalue weighted by molar-refractivity contribution is 5.92. The van der Waals surface area contributed by atoms with Crippen molar-refractivity contribution >= 4 is 11.9 Å². The fourth-order valence-corrected chi connectivity index (χ4v) is 1.31. The van der Waals surface area contributed by atoms with E-state index in [1.54, 1.807) is 6.92 Å². The molecule has 0 saturated carbocycles. The van der Waals surface area contributed by atoms with Gasteiger partial charge in [-0.2, -0.15) is 0 Å². The summed E-state index contributed by atoms with van der Waals surface area (Å²) in [6, 6.07) is 0. The lowest BCUT2D eigenvalue weighted by molar-refractivity contribution is -0.141. The number of carboxylic acids is 1. The SMILES string of the molecule is CCN(CC(C)C(=O)O)C(=O)c1cnc[nH]1. The van der Waals surface area contributed by atoms with Crippen molar-refractivity contribution in [3.05, 3.63) is 18.2 Å². The first kappa shape index (κ1) is 12.2. The topological polar surface area (TPSA) is 86.3 Å². The molecule has 1 rings (SSSR count). The largest absolute Gasteiger partial charge is 0.481 e. The average molecular weight is 225 g/mol. The van der Waals surface area contributed by atoms with Crippen LogP contribution in [0, 0.1) is 5.92 Å². The van der Waals surface area contributed by atoms with Crippen LogP contribution in [0.15, 0.2) is 12.5 Å². The standard InChI is InChI=1S/C10H15N3O3/c1-3-13(5-7(2)10(15)16)9(14)8-4-11-6-12-8/h4,6-7H,3,5H2,1-2H3,(H,11,12)(H,15,16). The molecule has 1 unspecified atom stereocenters. The second-order valence-corrected chi connectivity index (χ2v) is 3.55. The summed E-state index contributed by atoms with van der Waals surface area (Å²) in [5.74, 6) is -1.71. The van der Waals surface area contributed by atoms with Gasteiger partial charge in [-0.1, -0.05) is 6.92 Å². The number of amides is 1. The van der Waals surface area contributed by atoms with E-state index in [4.69, 9.17) is 5.11 Å². The predicted octanol–water partition coefficient (Wildman–Crippen LogP) is 0.592. The van der Waals surface area contributed by atoms with Crippen molar-refractivity contribution in [1.29, 1.82) is 0 Å². The van der Waals surface area contributed by atoms with Crippen LogP contribution in [0.1, 0.15) is 24.3 Å². The zero-order valence-electron chi connectivity index (χ0n) is 9.30. The van der Waals surface area contributed by atoms with Crippen molar-refractivity contribution in [2.24, 2.45) is 5.92 Å². The number of nitrogens with one attached hydrogen (secondary N) is 1. The number of carbonyl (C=O) groups is 2. The molecule has 16 heavy (non-hydrogen) atoms. The van der Waals surface area contributed by atoms with Gasteiger partial charge in [0.15, 0.2) is 0 Å². The lowest BCUT2D eigenvalue weighted by atomic mass is 10.1. The molecule has 0 aliphatic carbocycles. The fraction of sp³-hybridized carbons (Fsp3) is 0.500. The number of carboxylic acid groups (broad SMARTS) is 1. The molecule has 1 heterocycles. The van der Waals surface area contributed by atoms with Crippen molar-refractivity contribution in [3.8, 4) is 0 Å². The van der Waals surface area contributed by atoms with Gasteiger partial charge in [-0.15, -0.1) is 0 Å². The Balaban J connectivity index is 2.68. The molecule has 0 aliphatic heterocycles. The van der Waals surface area contributed by atoms with Gasteiger partial charge in [0.2, 0.25) is 0 Å². The minimum Gasteiger partial charge on any atom is -0.481 e. The molecule has 0 saturated heterocycles. The number of H-pyrrole nitrogens is 1. The maximum atomic E-state index is 11.9. The number of rotatable bonds is 5. The van der Waals surface area contributed by atoms with Crippen LogP contribution < -0.4 is 0 Å². The van der Waals surface area contributed by atoms with Gasteiger partial charge >= 0.3 is 5.97 Å². The monoisotopic (exact) mass is 225 g/mol. The van der Waals surface area contributed by atoms with E-state index in [0.717, 1.165) is 0 Å². The summed E-state index contributed by atoms with van der Waals surface area (Å²) in [5.41, 5.74) is 0.374. The average Bonchev–Trinajstić information content (AvgIpc) is 2.77. The van der Waals surface area contributed by atoms with Crippen LogP contribution in [-0.2, 0) is 4.79 Å². The maximum absolute atomic E-state index is 11.9. The van der Waals surface area contributed by atoms with Gasteiger partial charge in [-0.3, -0.25) is 9.59 Å². The minimum atomic E-state index is -0.907. The lowest BCUT2D eigenvalue weighted by Gasteiger charge is -2.21. The Kier molecular flexibility index (Phi) is 4.04. The molecule has 1 amide bonds. The van der Waals surface area contributed by atoms with Crippen molar-refractivity contribution in [2.75, 3.05) is 13.1 Å². The number of nitrogens with zero attached hydrogens (tertiary/aromatic N) is 2. The molecule has 0 fully saturated rings. The predicted molar refractivity (Wildman–Crippen MR) is 57.0 cm³/mol. The highest BCUT2D eigenvalue weighted by Gasteiger charge is 2.20. The third kappa shape index (κ3) is 2.82. The Morgan fingerprint density at radius 1 is 1.62 bits per heavy atom. The number of imidazole rings is 1. The van der Waals surface area contributed by atoms with Gasteiger partial charge < -0.3 is 15.0 Å². The molecule has 6 nitrogen and oxygen atoms in total. The number of carbonyl (C=O) groups excluding carboxylic acids is 1. The van der Waals surface area contributed by atoms with Gasteiger partial charge in [-0.05, 0) is 6.92 Å². The van der Waals surface area contributed by atoms with Crippen LogP contribution in [0.5, 0.6) is 0 Å². The Morgan fingerprint density at radius 3 is 2.75 bits per heavy atom. The van der Waals surface area contributed by atoms with E-state index in [9.17, 15) is 9.59 Å². The number of hydrogen-bond acceptors (Lipinski definition) is 3. The summed E-state index contributed by atoms with van der Waals surface area (Å²) in [7, 11) is 0. The third-order valence-electron chi connectivity index (χ3n) is 2.31. The van der Waals surface area contributed by atoms with E-state index in [1.165, 1.54) is 17.4 Å². The van der Waals surface area contributed by atoms with Crippen LogP contribution in [-0.4, -0.2) is 44.9 Å². The Labute approximate surface area is 93.3 Å². The number of aromatic nitrogens is 2. The summed E-state index contributed by atoms with van der Waals surface area (Å²) in [6.07, 6.45) is 2.85. The number of aromatic amines is 1. The molecular formula is C10H15N3O3. The minimum absolute atomic E-state index is 0.198. The van der Waals surface area contributed by atoms with Crippen molar-refractivity contribution in [1.82, 2.24) is 14.9 Å². The second-order valence-electron chi connectivity index (χ2n) is 3.55. The molecule has 1 atom stereocenters. The van der Waals surface area contributed by atoms with E-state index in [1.807, 2.05) is 6.92 Å². The van der Waals surface area contributed by atoms with Crippen molar-refractivity contribution in [3.63, 3.8) is 0 Å². The van der Waals surface area contributed by atoms with E-state index >= 15 is 0 Å². The number of hydrogen-bond donors (Lipinski definition) is 2. The molecule has 0 aromatic carbocycles. The Bertz CT molecular complexity index is 361. The quantitative estimate of drug-likeness (QED) is 0.768. The first-order chi connectivity index (χ1) is 7.56. The molecule has 2 N–H and O–H groups in total. The molecule has 88 valence electrons. The molecule has 6 heteroatoms. The highest BCUT2D eigenvalue weighted by atomic mass is 16.4. The van der Waals surface area contributed by atoms with Crippen molar-refractivity contribution in [2.45, 2.75) is 13.8 Å². The molecular weight excluding hydrogens is 210 g/mol. The second kappa shape index (κ2) is 5.29. The summed E-state index contributed by atoms with van der Waals surface area (Å²) in [6.45, 7) is 4.05. The van der Waals surface area contributed by atoms with Crippen LogP contribution in [0.25, 0.3) is 0 Å². The van der Waals surface area contributed by atoms with Crippen LogP contribution in [0.3, 0.4) is 0 Å². The lowest BCUT2D eigenvalue weighted by Crippen LogP contribution is -2.36. The molecule has 0 spiro atoms. The summed E-state index contributed by atoms with van der Waals surface area (Å²) < 4.78 is 0. The smallest absolute Gasteiger partial charge is 0.308 e. The van der Waals surface area contributed by atoms with Gasteiger partial charge in [-0.25, -0.2) is 4.98 Å². The molecule has 1 aromatic rings. The molecule has 1 aromatic heterocycles. The first-order valence-corrected chi connectivity index (χ1v) is 5.06. The van der Waals surface area contributed by atoms with Crippen LogP contribution in [0.4, 0.5) is 0 Å². The summed E-state index contributed by atoms with van der Waals surface area (Å²) >= 11 is 0. The molecule has 0 radical (unpaired) electrons. The third-order valence-corrected chi connectivity index (χ3v) is 2.31. The maximum Gasteiger partial charge on any atom is 0.308 e. The zero-order valence-corrected chi connectivity index (χ0v) is 9.30. The normalized spacial score (nSPS) is 12.1. The fourth-order valence-electron chi connectivity index (χ4n) is 1.31. The van der Waals surface area contributed by atoms with Gasteiger partial charge in [0.05, 0.1) is 18.4 Å². The van der Waals surface area contributed by atoms with E-state index in [0.29, 0.717) is 12.2 Å². The van der Waals surface area contributed by atoms with E-state index < -0.39 is 11.9 Å². The summed E-state index contributed by atoms with van der Waals surface area (Å²) in [4.78, 5) is 30.5. The Hall–Kier alpha value is -1.85. The van der Waals surface area contributed by atoms with Gasteiger partial charge in [0.25, 0.3) is 5.91 Å². The van der Waals surface area contributed by atoms with Gasteiger partial charge in [0, 0.05) is 13.1 Å². The van der Waals surface area contributed by atoms with E-state index in [-0.39, 0.29) is 12.5 Å². The molecule has 0 bridgehead atoms. The zero-order chi connectivity index (χ0) is 12.1. The van der Waals surface area contributed by atoms with Crippen LogP contribution in [0.2, 0.25) is 0 Å². The molecule has 0 aliphatic rings. The van der Waals surface area contributed by atoms with E-state index in [2.05, 4.69) is 9.97 Å². The van der Waals surface area contributed by atoms with Crippen LogP contribution >= 0.6 is 0 Å². The first-order valence-electron chi connectivity index (χ1n) is 5.06. The highest BCUT2D eigenvalue weighted by Crippen LogP contribution is 2.05. The Morgan fingerprint density at radius 2 is 2.31 bits per heavy atom. The van der Waals surface area contributed by atoms with Crippen molar-refractivity contribution < 1.29 is 14.7 Å². The number of aliphatic carboxylic acids is 1. The van der Waals surface area contributed by atoms with Gasteiger partial charge in [0.1, 0.15) is 5.69 Å². The summed E-state index contributed by atoms with van der Waals surface area (Å²) in [5, 5.41) is 8.78.